The van der Waals surface area contributed by atoms with Crippen LogP contribution in [0.15, 0.2) is 40.9 Å². The summed E-state index contributed by atoms with van der Waals surface area (Å²) in [4.78, 5) is 26.9. The molecule has 26 heavy (non-hydrogen) atoms. The smallest absolute Gasteiger partial charge is 0.229 e. The van der Waals surface area contributed by atoms with E-state index in [1.54, 1.807) is 4.90 Å². The van der Waals surface area contributed by atoms with Crippen LogP contribution in [0.5, 0.6) is 0 Å². The SMILES string of the molecule is CCc1cc(Br)cc(C)c1NC(=O)[C@@H]1CC(=O)N(c2ccc(C)cc2)C1. The molecule has 1 heterocycles. The van der Waals surface area contributed by atoms with Crippen molar-refractivity contribution in [1.82, 2.24) is 0 Å². The first-order valence-electron chi connectivity index (χ1n) is 8.86. The topological polar surface area (TPSA) is 49.4 Å². The van der Waals surface area contributed by atoms with Crippen LogP contribution in [-0.4, -0.2) is 18.4 Å². The molecule has 1 aliphatic heterocycles. The van der Waals surface area contributed by atoms with Gasteiger partial charge in [0.1, 0.15) is 0 Å². The van der Waals surface area contributed by atoms with E-state index in [1.165, 1.54) is 0 Å². The quantitative estimate of drug-likeness (QED) is 0.792. The lowest BCUT2D eigenvalue weighted by atomic mass is 10.0. The normalized spacial score (nSPS) is 16.8. The van der Waals surface area contributed by atoms with Gasteiger partial charge in [-0.25, -0.2) is 0 Å². The number of benzene rings is 2. The van der Waals surface area contributed by atoms with E-state index < -0.39 is 0 Å². The second-order valence-electron chi connectivity index (χ2n) is 6.84. The molecule has 0 radical (unpaired) electrons. The average Bonchev–Trinajstić information content (AvgIpc) is 2.99. The van der Waals surface area contributed by atoms with Crippen molar-refractivity contribution in [1.29, 1.82) is 0 Å². The molecule has 1 saturated heterocycles. The van der Waals surface area contributed by atoms with Crippen molar-refractivity contribution < 1.29 is 9.59 Å². The van der Waals surface area contributed by atoms with Crippen LogP contribution < -0.4 is 10.2 Å². The van der Waals surface area contributed by atoms with Crippen LogP contribution in [0.25, 0.3) is 0 Å². The Kier molecular flexibility index (Phi) is 5.47. The first kappa shape index (κ1) is 18.6. The molecule has 0 spiro atoms. The third-order valence-corrected chi connectivity index (χ3v) is 5.31. The number of carbonyl (C=O) groups excluding carboxylic acids is 2. The highest BCUT2D eigenvalue weighted by atomic mass is 79.9. The van der Waals surface area contributed by atoms with Gasteiger partial charge in [0, 0.05) is 28.8 Å². The fourth-order valence-electron chi connectivity index (χ4n) is 3.35. The summed E-state index contributed by atoms with van der Waals surface area (Å²) in [6.45, 7) is 6.48. The Morgan fingerprint density at radius 2 is 1.92 bits per heavy atom. The summed E-state index contributed by atoms with van der Waals surface area (Å²) in [6, 6.07) is 11.8. The minimum Gasteiger partial charge on any atom is -0.325 e. The van der Waals surface area contributed by atoms with Gasteiger partial charge in [-0.05, 0) is 55.7 Å². The van der Waals surface area contributed by atoms with Crippen molar-refractivity contribution in [3.8, 4) is 0 Å². The van der Waals surface area contributed by atoms with E-state index in [9.17, 15) is 9.59 Å². The van der Waals surface area contributed by atoms with Crippen LogP contribution in [0.3, 0.4) is 0 Å². The number of anilines is 2. The van der Waals surface area contributed by atoms with Crippen LogP contribution in [0.2, 0.25) is 0 Å². The lowest BCUT2D eigenvalue weighted by Gasteiger charge is -2.18. The van der Waals surface area contributed by atoms with Crippen molar-refractivity contribution in [3.63, 3.8) is 0 Å². The zero-order chi connectivity index (χ0) is 18.8. The molecule has 3 rings (SSSR count). The number of carbonyl (C=O) groups is 2. The minimum absolute atomic E-state index is 0.00255. The highest BCUT2D eigenvalue weighted by Crippen LogP contribution is 2.29. The molecule has 0 aromatic heterocycles. The maximum atomic E-state index is 12.8. The molecule has 5 heteroatoms. The van der Waals surface area contributed by atoms with Gasteiger partial charge in [-0.15, -0.1) is 0 Å². The van der Waals surface area contributed by atoms with Crippen LogP contribution in [0, 0.1) is 19.8 Å². The molecule has 2 aromatic rings. The summed E-state index contributed by atoms with van der Waals surface area (Å²) >= 11 is 3.50. The van der Waals surface area contributed by atoms with E-state index in [0.717, 1.165) is 39.0 Å². The number of halogens is 1. The van der Waals surface area contributed by atoms with Gasteiger partial charge in [0.25, 0.3) is 0 Å². The molecule has 4 nitrogen and oxygen atoms in total. The van der Waals surface area contributed by atoms with Gasteiger partial charge in [-0.3, -0.25) is 9.59 Å². The number of hydrogen-bond acceptors (Lipinski definition) is 2. The lowest BCUT2D eigenvalue weighted by Crippen LogP contribution is -2.28. The second-order valence-corrected chi connectivity index (χ2v) is 7.76. The Balaban J connectivity index is 1.76. The molecule has 1 N–H and O–H groups in total. The largest absolute Gasteiger partial charge is 0.325 e. The highest BCUT2D eigenvalue weighted by molar-refractivity contribution is 9.10. The predicted molar refractivity (Wildman–Crippen MR) is 109 cm³/mol. The molecule has 2 aromatic carbocycles. The summed E-state index contributed by atoms with van der Waals surface area (Å²) < 4.78 is 1.01. The van der Waals surface area contributed by atoms with E-state index >= 15 is 0 Å². The highest BCUT2D eigenvalue weighted by Gasteiger charge is 2.35. The van der Waals surface area contributed by atoms with E-state index in [4.69, 9.17) is 0 Å². The summed E-state index contributed by atoms with van der Waals surface area (Å²) in [5.41, 5.74) is 4.97. The van der Waals surface area contributed by atoms with Gasteiger partial charge in [0.2, 0.25) is 11.8 Å². The average molecular weight is 415 g/mol. The number of amides is 2. The molecular formula is C21H23BrN2O2. The molecule has 1 aliphatic rings. The number of hydrogen-bond donors (Lipinski definition) is 1. The molecule has 1 atom stereocenters. The van der Waals surface area contributed by atoms with Crippen LogP contribution >= 0.6 is 15.9 Å². The Morgan fingerprint density at radius 3 is 2.58 bits per heavy atom. The predicted octanol–water partition coefficient (Wildman–Crippen LogP) is 4.62. The van der Waals surface area contributed by atoms with Gasteiger partial charge in [-0.2, -0.15) is 0 Å². The maximum absolute atomic E-state index is 12.8. The zero-order valence-corrected chi connectivity index (χ0v) is 16.9. The number of nitrogens with one attached hydrogen (secondary N) is 1. The third-order valence-electron chi connectivity index (χ3n) is 4.85. The Bertz CT molecular complexity index is 846. The maximum Gasteiger partial charge on any atom is 0.229 e. The summed E-state index contributed by atoms with van der Waals surface area (Å²) in [5, 5.41) is 3.06. The fraction of sp³-hybridized carbons (Fsp3) is 0.333. The van der Waals surface area contributed by atoms with Crippen LogP contribution in [0.4, 0.5) is 11.4 Å². The van der Waals surface area contributed by atoms with Crippen molar-refractivity contribution in [2.45, 2.75) is 33.6 Å². The van der Waals surface area contributed by atoms with Gasteiger partial charge in [0.05, 0.1) is 5.92 Å². The lowest BCUT2D eigenvalue weighted by molar-refractivity contribution is -0.122. The van der Waals surface area contributed by atoms with Crippen molar-refractivity contribution >= 4 is 39.1 Å². The molecule has 0 aliphatic carbocycles. The standard InChI is InChI=1S/C21H23BrN2O2/c1-4-15-10-17(22)9-14(3)20(15)23-21(26)16-11-19(25)24(12-16)18-7-5-13(2)6-8-18/h5-10,16H,4,11-12H2,1-3H3,(H,23,26)/t16-/m1/s1. The van der Waals surface area contributed by atoms with Gasteiger partial charge in [-0.1, -0.05) is 40.5 Å². The first-order valence-corrected chi connectivity index (χ1v) is 9.65. The number of nitrogens with zero attached hydrogens (tertiary/aromatic N) is 1. The zero-order valence-electron chi connectivity index (χ0n) is 15.3. The van der Waals surface area contributed by atoms with Crippen molar-refractivity contribution in [2.75, 3.05) is 16.8 Å². The van der Waals surface area contributed by atoms with E-state index in [-0.39, 0.29) is 24.2 Å². The molecule has 0 saturated carbocycles. The second kappa shape index (κ2) is 7.62. The molecule has 0 unspecified atom stereocenters. The summed E-state index contributed by atoms with van der Waals surface area (Å²) in [5.74, 6) is -0.429. The first-order chi connectivity index (χ1) is 12.4. The van der Waals surface area contributed by atoms with E-state index in [2.05, 4.69) is 28.2 Å². The summed E-state index contributed by atoms with van der Waals surface area (Å²) in [7, 11) is 0. The molecule has 0 bridgehead atoms. The fourth-order valence-corrected chi connectivity index (χ4v) is 3.97. The monoisotopic (exact) mass is 414 g/mol. The van der Waals surface area contributed by atoms with Gasteiger partial charge in [0.15, 0.2) is 0 Å². The van der Waals surface area contributed by atoms with Gasteiger partial charge >= 0.3 is 0 Å². The Labute approximate surface area is 162 Å². The van der Waals surface area contributed by atoms with E-state index in [0.29, 0.717) is 6.54 Å². The summed E-state index contributed by atoms with van der Waals surface area (Å²) in [6.07, 6.45) is 1.08. The minimum atomic E-state index is -0.337. The van der Waals surface area contributed by atoms with Crippen molar-refractivity contribution in [3.05, 3.63) is 57.6 Å². The Hall–Kier alpha value is -2.14. The van der Waals surface area contributed by atoms with Crippen LogP contribution in [-0.2, 0) is 16.0 Å². The number of rotatable bonds is 4. The molecule has 136 valence electrons. The molecular weight excluding hydrogens is 392 g/mol. The van der Waals surface area contributed by atoms with Crippen LogP contribution in [0.1, 0.15) is 30.0 Å². The molecule has 2 amide bonds. The third kappa shape index (κ3) is 3.83. The number of aryl methyl sites for hydroxylation is 3. The Morgan fingerprint density at radius 1 is 1.23 bits per heavy atom. The molecule has 1 fully saturated rings. The van der Waals surface area contributed by atoms with Gasteiger partial charge < -0.3 is 10.2 Å². The van der Waals surface area contributed by atoms with E-state index in [1.807, 2.05) is 50.2 Å². The van der Waals surface area contributed by atoms with Crippen molar-refractivity contribution in [2.24, 2.45) is 5.92 Å².